The van der Waals surface area contributed by atoms with E-state index >= 15 is 0 Å². The molecule has 0 aliphatic carbocycles. The summed E-state index contributed by atoms with van der Waals surface area (Å²) in [6.07, 6.45) is 0. The second-order valence-corrected chi connectivity index (χ2v) is 7.91. The number of nitrogens with one attached hydrogen (secondary N) is 1. The minimum absolute atomic E-state index is 0.0268. The number of methoxy groups -OCH3 is 1. The first-order valence-corrected chi connectivity index (χ1v) is 8.95. The highest BCUT2D eigenvalue weighted by Gasteiger charge is 2.18. The fourth-order valence-corrected chi connectivity index (χ4v) is 3.65. The highest BCUT2D eigenvalue weighted by atomic mass is 79.9. The quantitative estimate of drug-likeness (QED) is 0.776. The molecule has 1 heterocycles. The first-order chi connectivity index (χ1) is 11.0. The molecule has 0 fully saturated rings. The van der Waals surface area contributed by atoms with Crippen molar-refractivity contribution in [3.05, 3.63) is 50.6 Å². The third kappa shape index (κ3) is 5.34. The lowest BCUT2D eigenvalue weighted by Gasteiger charge is -2.23. The summed E-state index contributed by atoms with van der Waals surface area (Å²) in [5, 5.41) is 2.98. The summed E-state index contributed by atoms with van der Waals surface area (Å²) in [7, 11) is 3.60. The monoisotopic (exact) mass is 396 g/mol. The summed E-state index contributed by atoms with van der Waals surface area (Å²) in [5.74, 6) is 0.842. The molecular weight excluding hydrogens is 376 g/mol. The van der Waals surface area contributed by atoms with Gasteiger partial charge < -0.3 is 10.1 Å². The van der Waals surface area contributed by atoms with Crippen LogP contribution < -0.4 is 10.1 Å². The largest absolute Gasteiger partial charge is 0.497 e. The molecule has 6 heteroatoms. The third-order valence-corrected chi connectivity index (χ3v) is 5.31. The van der Waals surface area contributed by atoms with Gasteiger partial charge >= 0.3 is 0 Å². The SMILES string of the molecule is COc1ccc(CNC(=O)[C@H](C)N(C)Cc2ccc(Br)s2)cc1. The van der Waals surface area contributed by atoms with Crippen molar-refractivity contribution in [3.63, 3.8) is 0 Å². The van der Waals surface area contributed by atoms with Gasteiger partial charge in [0.1, 0.15) is 5.75 Å². The summed E-state index contributed by atoms with van der Waals surface area (Å²) >= 11 is 5.15. The predicted molar refractivity (Wildman–Crippen MR) is 97.8 cm³/mol. The third-order valence-electron chi connectivity index (χ3n) is 3.70. The van der Waals surface area contributed by atoms with Crippen LogP contribution in [0.15, 0.2) is 40.2 Å². The molecule has 1 aromatic carbocycles. The Balaban J connectivity index is 1.83. The molecule has 0 radical (unpaired) electrons. The van der Waals surface area contributed by atoms with Crippen LogP contribution in [0.5, 0.6) is 5.75 Å². The number of hydrogen-bond donors (Lipinski definition) is 1. The summed E-state index contributed by atoms with van der Waals surface area (Å²) < 4.78 is 6.24. The van der Waals surface area contributed by atoms with Crippen LogP contribution in [0.1, 0.15) is 17.4 Å². The first kappa shape index (κ1) is 18.0. The van der Waals surface area contributed by atoms with Crippen molar-refractivity contribution in [2.45, 2.75) is 26.1 Å². The van der Waals surface area contributed by atoms with Crippen LogP contribution in [0.3, 0.4) is 0 Å². The van der Waals surface area contributed by atoms with Crippen LogP contribution in [0.25, 0.3) is 0 Å². The number of ether oxygens (including phenoxy) is 1. The first-order valence-electron chi connectivity index (χ1n) is 7.34. The second kappa shape index (κ2) is 8.47. The Morgan fingerprint density at radius 3 is 2.57 bits per heavy atom. The molecule has 1 aromatic heterocycles. The van der Waals surface area contributed by atoms with Crippen molar-refractivity contribution in [2.24, 2.45) is 0 Å². The van der Waals surface area contributed by atoms with E-state index in [9.17, 15) is 4.79 Å². The zero-order valence-corrected chi connectivity index (χ0v) is 15.9. The van der Waals surface area contributed by atoms with E-state index in [1.165, 1.54) is 4.88 Å². The Labute approximate surface area is 149 Å². The maximum Gasteiger partial charge on any atom is 0.237 e. The number of carbonyl (C=O) groups is 1. The number of rotatable bonds is 7. The van der Waals surface area contributed by atoms with Gasteiger partial charge in [-0.05, 0) is 59.7 Å². The van der Waals surface area contributed by atoms with Gasteiger partial charge in [-0.1, -0.05) is 12.1 Å². The number of nitrogens with zero attached hydrogens (tertiary/aromatic N) is 1. The van der Waals surface area contributed by atoms with E-state index in [-0.39, 0.29) is 11.9 Å². The van der Waals surface area contributed by atoms with Crippen molar-refractivity contribution in [1.82, 2.24) is 10.2 Å². The standard InChI is InChI=1S/C17H21BrN2O2S/c1-12(20(2)11-15-8-9-16(18)23-15)17(21)19-10-13-4-6-14(22-3)7-5-13/h4-9,12H,10-11H2,1-3H3,(H,19,21)/t12-/m0/s1. The molecule has 23 heavy (non-hydrogen) atoms. The molecule has 0 aliphatic rings. The minimum atomic E-state index is -0.186. The van der Waals surface area contributed by atoms with E-state index in [1.807, 2.05) is 49.2 Å². The van der Waals surface area contributed by atoms with Crippen molar-refractivity contribution < 1.29 is 9.53 Å². The van der Waals surface area contributed by atoms with Crippen LogP contribution >= 0.6 is 27.3 Å². The van der Waals surface area contributed by atoms with Gasteiger partial charge in [0.2, 0.25) is 5.91 Å². The molecule has 1 N–H and O–H groups in total. The van der Waals surface area contributed by atoms with Gasteiger partial charge in [-0.3, -0.25) is 9.69 Å². The highest BCUT2D eigenvalue weighted by molar-refractivity contribution is 9.11. The predicted octanol–water partition coefficient (Wildman–Crippen LogP) is 3.66. The van der Waals surface area contributed by atoms with Gasteiger partial charge in [0, 0.05) is 18.0 Å². The van der Waals surface area contributed by atoms with Crippen LogP contribution in [0.2, 0.25) is 0 Å². The molecule has 1 amide bonds. The molecule has 0 unspecified atom stereocenters. The van der Waals surface area contributed by atoms with E-state index in [2.05, 4.69) is 27.3 Å². The summed E-state index contributed by atoms with van der Waals surface area (Å²) in [6, 6.07) is 11.6. The lowest BCUT2D eigenvalue weighted by atomic mass is 10.2. The van der Waals surface area contributed by atoms with Gasteiger partial charge in [-0.15, -0.1) is 11.3 Å². The van der Waals surface area contributed by atoms with E-state index in [1.54, 1.807) is 18.4 Å². The van der Waals surface area contributed by atoms with Gasteiger partial charge in [0.05, 0.1) is 16.9 Å². The molecular formula is C17H21BrN2O2S. The molecule has 2 rings (SSSR count). The van der Waals surface area contributed by atoms with Gasteiger partial charge in [0.15, 0.2) is 0 Å². The Kier molecular flexibility index (Phi) is 6.62. The average Bonchev–Trinajstić information content (AvgIpc) is 2.97. The van der Waals surface area contributed by atoms with Crippen LogP contribution in [-0.4, -0.2) is 31.0 Å². The average molecular weight is 397 g/mol. The van der Waals surface area contributed by atoms with Crippen LogP contribution in [0.4, 0.5) is 0 Å². The van der Waals surface area contributed by atoms with Gasteiger partial charge in [-0.25, -0.2) is 0 Å². The fourth-order valence-electron chi connectivity index (χ4n) is 2.10. The van der Waals surface area contributed by atoms with Gasteiger partial charge in [0.25, 0.3) is 0 Å². The molecule has 124 valence electrons. The maximum absolute atomic E-state index is 12.3. The fraction of sp³-hybridized carbons (Fsp3) is 0.353. The summed E-state index contributed by atoms with van der Waals surface area (Å²) in [5.41, 5.74) is 1.05. The lowest BCUT2D eigenvalue weighted by Crippen LogP contribution is -2.42. The van der Waals surface area contributed by atoms with Crippen molar-refractivity contribution in [1.29, 1.82) is 0 Å². The van der Waals surface area contributed by atoms with E-state index in [0.29, 0.717) is 6.54 Å². The Hall–Kier alpha value is -1.37. The molecule has 4 nitrogen and oxygen atoms in total. The lowest BCUT2D eigenvalue weighted by molar-refractivity contribution is -0.125. The molecule has 0 bridgehead atoms. The Morgan fingerprint density at radius 1 is 1.30 bits per heavy atom. The molecule has 0 saturated heterocycles. The van der Waals surface area contributed by atoms with Crippen LogP contribution in [0, 0.1) is 0 Å². The number of benzene rings is 1. The van der Waals surface area contributed by atoms with Crippen molar-refractivity contribution >= 4 is 33.2 Å². The Morgan fingerprint density at radius 2 is 2.00 bits per heavy atom. The number of carbonyl (C=O) groups excluding carboxylic acids is 1. The molecule has 1 atom stereocenters. The van der Waals surface area contributed by atoms with Crippen molar-refractivity contribution in [3.8, 4) is 5.75 Å². The Bertz CT molecular complexity index is 642. The number of amides is 1. The molecule has 0 aliphatic heterocycles. The smallest absolute Gasteiger partial charge is 0.237 e. The zero-order valence-electron chi connectivity index (χ0n) is 13.5. The van der Waals surface area contributed by atoms with E-state index in [0.717, 1.165) is 21.6 Å². The van der Waals surface area contributed by atoms with Crippen molar-refractivity contribution in [2.75, 3.05) is 14.2 Å². The number of thiophene rings is 1. The second-order valence-electron chi connectivity index (χ2n) is 5.36. The molecule has 2 aromatic rings. The van der Waals surface area contributed by atoms with Gasteiger partial charge in [-0.2, -0.15) is 0 Å². The topological polar surface area (TPSA) is 41.6 Å². The normalized spacial score (nSPS) is 12.2. The number of halogens is 1. The highest BCUT2D eigenvalue weighted by Crippen LogP contribution is 2.23. The van der Waals surface area contributed by atoms with Crippen LogP contribution in [-0.2, 0) is 17.9 Å². The zero-order chi connectivity index (χ0) is 16.8. The minimum Gasteiger partial charge on any atom is -0.497 e. The molecule has 0 spiro atoms. The summed E-state index contributed by atoms with van der Waals surface area (Å²) in [6.45, 7) is 3.20. The summed E-state index contributed by atoms with van der Waals surface area (Å²) in [4.78, 5) is 15.6. The molecule has 0 saturated carbocycles. The maximum atomic E-state index is 12.3. The van der Waals surface area contributed by atoms with E-state index < -0.39 is 0 Å². The number of hydrogen-bond acceptors (Lipinski definition) is 4. The number of likely N-dealkylation sites (N-methyl/N-ethyl adjacent to an activating group) is 1. The van der Waals surface area contributed by atoms with E-state index in [4.69, 9.17) is 4.74 Å².